The fourth-order valence-corrected chi connectivity index (χ4v) is 0.989. The highest BCUT2D eigenvalue weighted by Gasteiger charge is 1.98. The van der Waals surface area contributed by atoms with E-state index in [-0.39, 0.29) is 0 Å². The third-order valence-electron chi connectivity index (χ3n) is 1.33. The van der Waals surface area contributed by atoms with Crippen LogP contribution in [-0.2, 0) is 0 Å². The summed E-state index contributed by atoms with van der Waals surface area (Å²) in [5.74, 6) is 0.701. The molecule has 0 aromatic heterocycles. The fraction of sp³-hybridized carbons (Fsp3) is 0.125. The maximum atomic E-state index is 5.03. The average Bonchev–Trinajstić information content (AvgIpc) is 2.04. The second kappa shape index (κ2) is 3.44. The van der Waals surface area contributed by atoms with Crippen LogP contribution in [0, 0.1) is 0 Å². The van der Waals surface area contributed by atoms with E-state index in [9.17, 15) is 0 Å². The van der Waals surface area contributed by atoms with Crippen LogP contribution in [0.2, 0.25) is 0 Å². The van der Waals surface area contributed by atoms with Gasteiger partial charge in [-0.25, -0.2) is 0 Å². The SMILES string of the molecule is C=Nc1ccc(S)cc1OC. The van der Waals surface area contributed by atoms with Gasteiger partial charge < -0.3 is 4.74 Å². The average molecular weight is 167 g/mol. The molecule has 0 fully saturated rings. The second-order valence-electron chi connectivity index (χ2n) is 2.01. The maximum Gasteiger partial charge on any atom is 0.145 e. The third kappa shape index (κ3) is 1.74. The Morgan fingerprint density at radius 1 is 1.55 bits per heavy atom. The Labute approximate surface area is 71.3 Å². The summed E-state index contributed by atoms with van der Waals surface area (Å²) in [7, 11) is 1.59. The molecule has 1 aromatic rings. The fourth-order valence-electron chi connectivity index (χ4n) is 0.797. The van der Waals surface area contributed by atoms with Crippen molar-refractivity contribution >= 4 is 25.0 Å². The lowest BCUT2D eigenvalue weighted by atomic mass is 10.3. The molecule has 0 aliphatic heterocycles. The highest BCUT2D eigenvalue weighted by molar-refractivity contribution is 7.80. The largest absolute Gasteiger partial charge is 0.494 e. The van der Waals surface area contributed by atoms with E-state index in [0.29, 0.717) is 5.75 Å². The molecule has 0 bridgehead atoms. The van der Waals surface area contributed by atoms with Crippen molar-refractivity contribution in [2.45, 2.75) is 4.90 Å². The Hall–Kier alpha value is -0.960. The molecule has 0 unspecified atom stereocenters. The molecule has 1 rings (SSSR count). The Morgan fingerprint density at radius 3 is 2.82 bits per heavy atom. The molecule has 0 aliphatic rings. The highest BCUT2D eigenvalue weighted by Crippen LogP contribution is 2.28. The van der Waals surface area contributed by atoms with Gasteiger partial charge in [-0.05, 0) is 24.9 Å². The van der Waals surface area contributed by atoms with Gasteiger partial charge >= 0.3 is 0 Å². The zero-order chi connectivity index (χ0) is 8.27. The third-order valence-corrected chi connectivity index (χ3v) is 1.61. The van der Waals surface area contributed by atoms with E-state index in [4.69, 9.17) is 4.74 Å². The Kier molecular flexibility index (Phi) is 2.54. The van der Waals surface area contributed by atoms with Gasteiger partial charge in [-0.3, -0.25) is 4.99 Å². The van der Waals surface area contributed by atoms with Crippen LogP contribution in [0.3, 0.4) is 0 Å². The molecule has 0 aliphatic carbocycles. The quantitative estimate of drug-likeness (QED) is 0.529. The molecule has 0 spiro atoms. The van der Waals surface area contributed by atoms with Crippen molar-refractivity contribution in [3.8, 4) is 5.75 Å². The minimum atomic E-state index is 0.701. The number of benzene rings is 1. The molecule has 11 heavy (non-hydrogen) atoms. The molecule has 0 heterocycles. The van der Waals surface area contributed by atoms with E-state index in [1.807, 2.05) is 12.1 Å². The molecule has 58 valence electrons. The molecule has 2 nitrogen and oxygen atoms in total. The van der Waals surface area contributed by atoms with Crippen molar-refractivity contribution in [1.29, 1.82) is 0 Å². The van der Waals surface area contributed by atoms with Gasteiger partial charge in [0.25, 0.3) is 0 Å². The summed E-state index contributed by atoms with van der Waals surface area (Å²) in [6, 6.07) is 5.46. The molecule has 0 radical (unpaired) electrons. The summed E-state index contributed by atoms with van der Waals surface area (Å²) < 4.78 is 5.03. The Morgan fingerprint density at radius 2 is 2.27 bits per heavy atom. The molecule has 0 N–H and O–H groups in total. The maximum absolute atomic E-state index is 5.03. The number of nitrogens with zero attached hydrogens (tertiary/aromatic N) is 1. The van der Waals surface area contributed by atoms with Crippen LogP contribution in [0.4, 0.5) is 5.69 Å². The zero-order valence-corrected chi connectivity index (χ0v) is 7.14. The number of hydrogen-bond acceptors (Lipinski definition) is 3. The van der Waals surface area contributed by atoms with Crippen molar-refractivity contribution in [2.75, 3.05) is 7.11 Å². The van der Waals surface area contributed by atoms with E-state index in [0.717, 1.165) is 10.6 Å². The van der Waals surface area contributed by atoms with Crippen LogP contribution >= 0.6 is 12.6 Å². The lowest BCUT2D eigenvalue weighted by molar-refractivity contribution is 0.415. The monoisotopic (exact) mass is 167 g/mol. The van der Waals surface area contributed by atoms with E-state index < -0.39 is 0 Å². The summed E-state index contributed by atoms with van der Waals surface area (Å²) in [5.41, 5.74) is 0.741. The molecular formula is C8H9NOS. The summed E-state index contributed by atoms with van der Waals surface area (Å²) in [6.07, 6.45) is 0. The number of methoxy groups -OCH3 is 1. The first-order valence-corrected chi connectivity index (χ1v) is 3.56. The molecule has 0 atom stereocenters. The van der Waals surface area contributed by atoms with Crippen molar-refractivity contribution < 1.29 is 4.74 Å². The number of hydrogen-bond donors (Lipinski definition) is 1. The van der Waals surface area contributed by atoms with Gasteiger partial charge in [0.1, 0.15) is 11.4 Å². The predicted octanol–water partition coefficient (Wildman–Crippen LogP) is 2.32. The topological polar surface area (TPSA) is 21.6 Å². The number of aliphatic imine (C=N–C) groups is 1. The molecule has 0 saturated heterocycles. The predicted molar refractivity (Wildman–Crippen MR) is 49.5 cm³/mol. The first-order valence-electron chi connectivity index (χ1n) is 3.11. The van der Waals surface area contributed by atoms with Crippen LogP contribution in [0.5, 0.6) is 5.75 Å². The minimum absolute atomic E-state index is 0.701. The van der Waals surface area contributed by atoms with Crippen molar-refractivity contribution in [2.24, 2.45) is 4.99 Å². The number of rotatable bonds is 2. The number of thiol groups is 1. The van der Waals surface area contributed by atoms with Gasteiger partial charge in [0.15, 0.2) is 0 Å². The van der Waals surface area contributed by atoms with E-state index in [1.54, 1.807) is 13.2 Å². The lowest BCUT2D eigenvalue weighted by Crippen LogP contribution is -1.82. The second-order valence-corrected chi connectivity index (χ2v) is 2.53. The van der Waals surface area contributed by atoms with Crippen molar-refractivity contribution in [3.63, 3.8) is 0 Å². The first kappa shape index (κ1) is 8.14. The van der Waals surface area contributed by atoms with Crippen molar-refractivity contribution in [3.05, 3.63) is 18.2 Å². The highest BCUT2D eigenvalue weighted by atomic mass is 32.1. The van der Waals surface area contributed by atoms with Gasteiger partial charge in [-0.15, -0.1) is 12.6 Å². The smallest absolute Gasteiger partial charge is 0.145 e. The van der Waals surface area contributed by atoms with Crippen molar-refractivity contribution in [1.82, 2.24) is 0 Å². The van der Waals surface area contributed by atoms with Gasteiger partial charge in [0.2, 0.25) is 0 Å². The van der Waals surface area contributed by atoms with Gasteiger partial charge in [-0.2, -0.15) is 0 Å². The van der Waals surface area contributed by atoms with Gasteiger partial charge in [0.05, 0.1) is 7.11 Å². The van der Waals surface area contributed by atoms with Crippen LogP contribution in [-0.4, -0.2) is 13.8 Å². The van der Waals surface area contributed by atoms with Crippen LogP contribution in [0.15, 0.2) is 28.1 Å². The van der Waals surface area contributed by atoms with Crippen LogP contribution in [0.25, 0.3) is 0 Å². The van der Waals surface area contributed by atoms with E-state index in [2.05, 4.69) is 24.3 Å². The summed E-state index contributed by atoms with van der Waals surface area (Å²) >= 11 is 4.15. The normalized spacial score (nSPS) is 9.27. The van der Waals surface area contributed by atoms with Gasteiger partial charge in [-0.1, -0.05) is 0 Å². The minimum Gasteiger partial charge on any atom is -0.494 e. The molecule has 1 aromatic carbocycles. The Bertz CT molecular complexity index is 273. The summed E-state index contributed by atoms with van der Waals surface area (Å²) in [5, 5.41) is 0. The molecular weight excluding hydrogens is 158 g/mol. The zero-order valence-electron chi connectivity index (χ0n) is 6.24. The van der Waals surface area contributed by atoms with Crippen LogP contribution in [0.1, 0.15) is 0 Å². The van der Waals surface area contributed by atoms with Crippen LogP contribution < -0.4 is 4.74 Å². The lowest BCUT2D eigenvalue weighted by Gasteiger charge is -2.03. The standard InChI is InChI=1S/C8H9NOS/c1-9-7-4-3-6(11)5-8(7)10-2/h3-5,11H,1H2,2H3. The van der Waals surface area contributed by atoms with E-state index in [1.165, 1.54) is 0 Å². The Balaban J connectivity index is 3.16. The summed E-state index contributed by atoms with van der Waals surface area (Å²) in [6.45, 7) is 3.41. The first-order chi connectivity index (χ1) is 5.27. The number of ether oxygens (including phenoxy) is 1. The molecule has 3 heteroatoms. The molecule has 0 saturated carbocycles. The molecule has 0 amide bonds. The van der Waals surface area contributed by atoms with E-state index >= 15 is 0 Å². The van der Waals surface area contributed by atoms with Gasteiger partial charge in [0, 0.05) is 4.90 Å². The summed E-state index contributed by atoms with van der Waals surface area (Å²) in [4.78, 5) is 4.63.